The number of fused-ring (bicyclic) bond motifs is 1. The maximum atomic E-state index is 11.1. The summed E-state index contributed by atoms with van der Waals surface area (Å²) in [6, 6.07) is 0. The summed E-state index contributed by atoms with van der Waals surface area (Å²) < 4.78 is 37.1. The Kier molecular flexibility index (Phi) is 4.56. The molecule has 1 atom stereocenters. The lowest BCUT2D eigenvalue weighted by Gasteiger charge is -2.21. The van der Waals surface area contributed by atoms with Crippen LogP contribution in [-0.2, 0) is 32.5 Å². The van der Waals surface area contributed by atoms with Gasteiger partial charge < -0.3 is 9.47 Å². The number of ether oxygens (including phenoxy) is 2. The number of methoxy groups -OCH3 is 1. The smallest absolute Gasteiger partial charge is 0.208 e. The van der Waals surface area contributed by atoms with Gasteiger partial charge in [0.2, 0.25) is 10.0 Å². The van der Waals surface area contributed by atoms with Gasteiger partial charge in [-0.2, -0.15) is 5.10 Å². The van der Waals surface area contributed by atoms with Crippen molar-refractivity contribution in [2.75, 3.05) is 33.1 Å². The van der Waals surface area contributed by atoms with E-state index in [1.165, 1.54) is 0 Å². The second kappa shape index (κ2) is 6.00. The zero-order valence-corrected chi connectivity index (χ0v) is 11.9. The van der Waals surface area contributed by atoms with Crippen molar-refractivity contribution in [2.24, 2.45) is 0 Å². The molecule has 8 heteroatoms. The topological polar surface area (TPSA) is 82.5 Å². The summed E-state index contributed by atoms with van der Waals surface area (Å²) in [5.74, 6) is 0. The number of sulfonamides is 1. The Labute approximate surface area is 112 Å². The maximum absolute atomic E-state index is 11.1. The van der Waals surface area contributed by atoms with Crippen molar-refractivity contribution in [3.63, 3.8) is 0 Å². The summed E-state index contributed by atoms with van der Waals surface area (Å²) in [6.45, 7) is 2.07. The van der Waals surface area contributed by atoms with Crippen LogP contribution in [0, 0.1) is 0 Å². The number of nitrogens with zero attached hydrogens (tertiary/aromatic N) is 2. The van der Waals surface area contributed by atoms with Crippen LogP contribution < -0.4 is 4.72 Å². The van der Waals surface area contributed by atoms with Crippen LogP contribution in [0.1, 0.15) is 17.4 Å². The van der Waals surface area contributed by atoms with Crippen molar-refractivity contribution in [2.45, 2.75) is 19.1 Å². The number of hydrogen-bond acceptors (Lipinski definition) is 5. The van der Waals surface area contributed by atoms with E-state index >= 15 is 0 Å². The fourth-order valence-corrected chi connectivity index (χ4v) is 2.47. The average Bonchev–Trinajstić information content (AvgIpc) is 2.76. The van der Waals surface area contributed by atoms with E-state index in [4.69, 9.17) is 9.47 Å². The van der Waals surface area contributed by atoms with Crippen molar-refractivity contribution in [1.29, 1.82) is 0 Å². The Balaban J connectivity index is 2.07. The summed E-state index contributed by atoms with van der Waals surface area (Å²) in [5, 5.41) is 4.45. The van der Waals surface area contributed by atoms with Crippen LogP contribution in [0.15, 0.2) is 6.20 Å². The Hall–Kier alpha value is -0.960. The second-order valence-corrected chi connectivity index (χ2v) is 6.36. The van der Waals surface area contributed by atoms with E-state index in [-0.39, 0.29) is 12.6 Å². The van der Waals surface area contributed by atoms with Gasteiger partial charge in [-0.3, -0.25) is 4.68 Å². The van der Waals surface area contributed by atoms with Crippen LogP contribution in [-0.4, -0.2) is 51.3 Å². The Bertz CT molecular complexity index is 526. The molecule has 0 aliphatic carbocycles. The first-order valence-corrected chi connectivity index (χ1v) is 8.00. The molecule has 2 rings (SSSR count). The summed E-state index contributed by atoms with van der Waals surface area (Å²) in [5.41, 5.74) is 1.93. The molecule has 1 N–H and O–H groups in total. The van der Waals surface area contributed by atoms with E-state index in [0.29, 0.717) is 19.8 Å². The minimum absolute atomic E-state index is 0.215. The van der Waals surface area contributed by atoms with Crippen molar-refractivity contribution in [3.05, 3.63) is 17.5 Å². The van der Waals surface area contributed by atoms with Crippen molar-refractivity contribution >= 4 is 10.0 Å². The van der Waals surface area contributed by atoms with Gasteiger partial charge in [-0.1, -0.05) is 0 Å². The van der Waals surface area contributed by atoms with Gasteiger partial charge in [0.25, 0.3) is 0 Å². The highest BCUT2D eigenvalue weighted by molar-refractivity contribution is 7.88. The highest BCUT2D eigenvalue weighted by atomic mass is 32.2. The minimum Gasteiger partial charge on any atom is -0.383 e. The zero-order chi connectivity index (χ0) is 13.9. The van der Waals surface area contributed by atoms with Gasteiger partial charge >= 0.3 is 0 Å². The van der Waals surface area contributed by atoms with Crippen LogP contribution in [0.4, 0.5) is 0 Å². The molecule has 19 heavy (non-hydrogen) atoms. The number of nitrogens with one attached hydrogen (secondary N) is 1. The molecule has 108 valence electrons. The van der Waals surface area contributed by atoms with Crippen molar-refractivity contribution in [1.82, 2.24) is 14.5 Å². The highest BCUT2D eigenvalue weighted by Gasteiger charge is 2.25. The van der Waals surface area contributed by atoms with Gasteiger partial charge in [-0.05, 0) is 12.0 Å². The lowest BCUT2D eigenvalue weighted by Crippen LogP contribution is -2.31. The molecule has 1 aliphatic rings. The normalized spacial score (nSPS) is 19.4. The number of rotatable bonds is 6. The van der Waals surface area contributed by atoms with Crippen molar-refractivity contribution in [3.8, 4) is 0 Å². The Morgan fingerprint density at radius 1 is 1.63 bits per heavy atom. The van der Waals surface area contributed by atoms with Gasteiger partial charge in [-0.15, -0.1) is 0 Å². The van der Waals surface area contributed by atoms with Gasteiger partial charge in [0.1, 0.15) is 6.10 Å². The molecule has 7 nitrogen and oxygen atoms in total. The molecule has 0 aromatic carbocycles. The lowest BCUT2D eigenvalue weighted by atomic mass is 10.1. The first-order valence-electron chi connectivity index (χ1n) is 6.11. The molecule has 2 heterocycles. The van der Waals surface area contributed by atoms with Crippen LogP contribution >= 0.6 is 0 Å². The highest BCUT2D eigenvalue weighted by Crippen LogP contribution is 2.25. The average molecular weight is 289 g/mol. The first-order chi connectivity index (χ1) is 8.99. The molecular formula is C11H19N3O4S. The van der Waals surface area contributed by atoms with E-state index in [0.717, 1.165) is 23.9 Å². The fraction of sp³-hybridized carbons (Fsp3) is 0.727. The fourth-order valence-electron chi connectivity index (χ4n) is 2.01. The SMILES string of the molecule is COCCn1cc2c(n1)[C@H](CNS(C)(=O)=O)OCC2. The molecule has 1 aromatic rings. The van der Waals surface area contributed by atoms with E-state index < -0.39 is 10.0 Å². The van der Waals surface area contributed by atoms with Gasteiger partial charge in [0.15, 0.2) is 0 Å². The van der Waals surface area contributed by atoms with Crippen LogP contribution in [0.5, 0.6) is 0 Å². The predicted octanol–water partition coefficient (Wildman–Crippen LogP) is -0.307. The molecule has 0 amide bonds. The summed E-state index contributed by atoms with van der Waals surface area (Å²) in [4.78, 5) is 0. The van der Waals surface area contributed by atoms with E-state index in [1.54, 1.807) is 7.11 Å². The Morgan fingerprint density at radius 3 is 3.11 bits per heavy atom. The molecule has 0 spiro atoms. The first kappa shape index (κ1) is 14.4. The number of aromatic nitrogens is 2. The molecule has 0 radical (unpaired) electrons. The summed E-state index contributed by atoms with van der Waals surface area (Å²) >= 11 is 0. The molecular weight excluding hydrogens is 270 g/mol. The summed E-state index contributed by atoms with van der Waals surface area (Å²) in [6.07, 6.45) is 3.60. The van der Waals surface area contributed by atoms with Crippen LogP contribution in [0.3, 0.4) is 0 Å². The maximum Gasteiger partial charge on any atom is 0.208 e. The molecule has 0 bridgehead atoms. The molecule has 0 saturated heterocycles. The molecule has 0 unspecified atom stereocenters. The van der Waals surface area contributed by atoms with Crippen molar-refractivity contribution < 1.29 is 17.9 Å². The van der Waals surface area contributed by atoms with Gasteiger partial charge in [0.05, 0.1) is 31.7 Å². The van der Waals surface area contributed by atoms with E-state index in [2.05, 4.69) is 9.82 Å². The summed E-state index contributed by atoms with van der Waals surface area (Å²) in [7, 11) is -1.57. The largest absolute Gasteiger partial charge is 0.383 e. The Morgan fingerprint density at radius 2 is 2.42 bits per heavy atom. The molecule has 0 saturated carbocycles. The van der Waals surface area contributed by atoms with E-state index in [1.807, 2.05) is 10.9 Å². The second-order valence-electron chi connectivity index (χ2n) is 4.53. The monoisotopic (exact) mass is 289 g/mol. The predicted molar refractivity (Wildman–Crippen MR) is 69.3 cm³/mol. The third-order valence-corrected chi connectivity index (χ3v) is 3.61. The molecule has 1 aliphatic heterocycles. The standard InChI is InChI=1S/C11H19N3O4S/c1-17-6-4-14-8-9-3-5-18-10(11(9)13-14)7-12-19(2,15)16/h8,10,12H,3-7H2,1-2H3/t10-/m0/s1. The third-order valence-electron chi connectivity index (χ3n) is 2.92. The third kappa shape index (κ3) is 4.00. The van der Waals surface area contributed by atoms with Crippen LogP contribution in [0.2, 0.25) is 0 Å². The lowest BCUT2D eigenvalue weighted by molar-refractivity contribution is 0.0429. The minimum atomic E-state index is -3.22. The van der Waals surface area contributed by atoms with E-state index in [9.17, 15) is 8.42 Å². The molecule has 0 fully saturated rings. The molecule has 1 aromatic heterocycles. The van der Waals surface area contributed by atoms with Gasteiger partial charge in [0, 0.05) is 19.9 Å². The van der Waals surface area contributed by atoms with Crippen LogP contribution in [0.25, 0.3) is 0 Å². The van der Waals surface area contributed by atoms with Gasteiger partial charge in [-0.25, -0.2) is 13.1 Å². The number of hydrogen-bond donors (Lipinski definition) is 1. The zero-order valence-electron chi connectivity index (χ0n) is 11.1. The quantitative estimate of drug-likeness (QED) is 0.777.